The van der Waals surface area contributed by atoms with Gasteiger partial charge in [-0.05, 0) is 23.1 Å². The molecule has 26 heavy (non-hydrogen) atoms. The lowest BCUT2D eigenvalue weighted by molar-refractivity contribution is 0.872. The molecule has 0 saturated heterocycles. The first-order valence-electron chi connectivity index (χ1n) is 8.49. The zero-order valence-corrected chi connectivity index (χ0v) is 15.6. The second kappa shape index (κ2) is 7.22. The third-order valence-corrected chi connectivity index (χ3v) is 5.33. The van der Waals surface area contributed by atoms with E-state index in [1.54, 1.807) is 11.8 Å². The number of aromatic nitrogens is 3. The van der Waals surface area contributed by atoms with E-state index in [1.165, 1.54) is 16.6 Å². The molecule has 4 nitrogen and oxygen atoms in total. The number of para-hydroxylation sites is 1. The monoisotopic (exact) mass is 360 g/mol. The Labute approximate surface area is 157 Å². The topological polar surface area (TPSA) is 34.0 Å². The maximum Gasteiger partial charge on any atom is 0.174 e. The summed E-state index contributed by atoms with van der Waals surface area (Å²) < 4.78 is 2.07. The standard InChI is InChI=1S/C21H20N4S/c1-24(2)19-10-6-4-8-17(19)15-26-21-23-13-14-25(21)20-18-9-5-3-7-16(18)11-12-22-20/h3-14H,15H2,1-2H3. The minimum atomic E-state index is 0.857. The van der Waals surface area contributed by atoms with Crippen molar-refractivity contribution in [2.24, 2.45) is 0 Å². The van der Waals surface area contributed by atoms with Crippen LogP contribution in [0.15, 0.2) is 78.3 Å². The van der Waals surface area contributed by atoms with Gasteiger partial charge < -0.3 is 4.90 Å². The van der Waals surface area contributed by atoms with Crippen molar-refractivity contribution in [2.75, 3.05) is 19.0 Å². The van der Waals surface area contributed by atoms with Gasteiger partial charge in [-0.2, -0.15) is 0 Å². The summed E-state index contributed by atoms with van der Waals surface area (Å²) in [5, 5.41) is 3.26. The van der Waals surface area contributed by atoms with Gasteiger partial charge in [-0.1, -0.05) is 54.2 Å². The number of rotatable bonds is 5. The third-order valence-electron chi connectivity index (χ3n) is 4.32. The fourth-order valence-corrected chi connectivity index (χ4v) is 4.02. The Bertz CT molecular complexity index is 1030. The average molecular weight is 360 g/mol. The molecule has 4 rings (SSSR count). The number of thioether (sulfide) groups is 1. The maximum absolute atomic E-state index is 4.61. The van der Waals surface area contributed by atoms with E-state index >= 15 is 0 Å². The van der Waals surface area contributed by atoms with Crippen LogP contribution in [0.4, 0.5) is 5.69 Å². The summed E-state index contributed by atoms with van der Waals surface area (Å²) in [6, 6.07) is 18.8. The van der Waals surface area contributed by atoms with E-state index in [4.69, 9.17) is 0 Å². The predicted octanol–water partition coefficient (Wildman–Crippen LogP) is 4.78. The molecule has 0 fully saturated rings. The summed E-state index contributed by atoms with van der Waals surface area (Å²) in [4.78, 5) is 11.3. The molecule has 5 heteroatoms. The molecule has 0 unspecified atom stereocenters. The second-order valence-corrected chi connectivity index (χ2v) is 7.19. The highest BCUT2D eigenvalue weighted by Crippen LogP contribution is 2.29. The van der Waals surface area contributed by atoms with Crippen molar-refractivity contribution in [3.8, 4) is 5.82 Å². The Morgan fingerprint density at radius 3 is 2.62 bits per heavy atom. The molecular formula is C21H20N4S. The fraction of sp³-hybridized carbons (Fsp3) is 0.143. The second-order valence-electron chi connectivity index (χ2n) is 6.25. The molecule has 2 heterocycles. The number of hydrogen-bond donors (Lipinski definition) is 0. The van der Waals surface area contributed by atoms with E-state index in [0.717, 1.165) is 22.1 Å². The Hall–Kier alpha value is -2.79. The largest absolute Gasteiger partial charge is 0.377 e. The summed E-state index contributed by atoms with van der Waals surface area (Å²) in [6.07, 6.45) is 5.67. The zero-order valence-electron chi connectivity index (χ0n) is 14.8. The first-order valence-corrected chi connectivity index (χ1v) is 9.48. The van der Waals surface area contributed by atoms with Gasteiger partial charge in [0.1, 0.15) is 5.82 Å². The van der Waals surface area contributed by atoms with Gasteiger partial charge in [0.05, 0.1) is 0 Å². The molecule has 0 aliphatic heterocycles. The molecule has 0 saturated carbocycles. The van der Waals surface area contributed by atoms with E-state index < -0.39 is 0 Å². The van der Waals surface area contributed by atoms with Crippen molar-refractivity contribution in [3.05, 3.63) is 78.8 Å². The van der Waals surface area contributed by atoms with Crippen LogP contribution in [0, 0.1) is 0 Å². The van der Waals surface area contributed by atoms with E-state index in [-0.39, 0.29) is 0 Å². The molecule has 2 aromatic heterocycles. The van der Waals surface area contributed by atoms with Crippen molar-refractivity contribution in [3.63, 3.8) is 0 Å². The van der Waals surface area contributed by atoms with Crippen LogP contribution in [0.1, 0.15) is 5.56 Å². The number of imidazole rings is 1. The van der Waals surface area contributed by atoms with Crippen LogP contribution in [-0.2, 0) is 5.75 Å². The van der Waals surface area contributed by atoms with Gasteiger partial charge in [0.25, 0.3) is 0 Å². The van der Waals surface area contributed by atoms with Crippen LogP contribution < -0.4 is 4.90 Å². The minimum absolute atomic E-state index is 0.857. The van der Waals surface area contributed by atoms with Crippen molar-refractivity contribution < 1.29 is 0 Å². The van der Waals surface area contributed by atoms with Gasteiger partial charge in [0, 0.05) is 49.5 Å². The predicted molar refractivity (Wildman–Crippen MR) is 109 cm³/mol. The number of benzene rings is 2. The van der Waals surface area contributed by atoms with E-state index in [9.17, 15) is 0 Å². The van der Waals surface area contributed by atoms with Crippen molar-refractivity contribution in [1.29, 1.82) is 0 Å². The van der Waals surface area contributed by atoms with Gasteiger partial charge >= 0.3 is 0 Å². The Morgan fingerprint density at radius 1 is 0.923 bits per heavy atom. The molecule has 0 radical (unpaired) electrons. The molecule has 0 aliphatic carbocycles. The first-order chi connectivity index (χ1) is 12.7. The SMILES string of the molecule is CN(C)c1ccccc1CSc1nccn1-c1nccc2ccccc12. The van der Waals surface area contributed by atoms with Crippen LogP contribution in [0.25, 0.3) is 16.6 Å². The maximum atomic E-state index is 4.61. The van der Waals surface area contributed by atoms with Gasteiger partial charge in [0.2, 0.25) is 0 Å². The molecule has 0 spiro atoms. The van der Waals surface area contributed by atoms with Crippen LogP contribution in [0.3, 0.4) is 0 Å². The molecule has 4 aromatic rings. The molecular weight excluding hydrogens is 340 g/mol. The summed E-state index contributed by atoms with van der Waals surface area (Å²) in [5.74, 6) is 1.78. The smallest absolute Gasteiger partial charge is 0.174 e. The first kappa shape index (κ1) is 16.7. The molecule has 0 atom stereocenters. The number of anilines is 1. The zero-order chi connectivity index (χ0) is 17.9. The van der Waals surface area contributed by atoms with Gasteiger partial charge in [-0.25, -0.2) is 9.97 Å². The van der Waals surface area contributed by atoms with Gasteiger partial charge in [-0.3, -0.25) is 4.57 Å². The Morgan fingerprint density at radius 2 is 1.73 bits per heavy atom. The van der Waals surface area contributed by atoms with E-state index in [0.29, 0.717) is 0 Å². The fourth-order valence-electron chi connectivity index (χ4n) is 3.06. The molecule has 0 N–H and O–H groups in total. The highest BCUT2D eigenvalue weighted by Gasteiger charge is 2.11. The van der Waals surface area contributed by atoms with E-state index in [2.05, 4.69) is 69.9 Å². The Balaban J connectivity index is 1.66. The highest BCUT2D eigenvalue weighted by atomic mass is 32.2. The molecule has 0 aliphatic rings. The average Bonchev–Trinajstić information content (AvgIpc) is 3.14. The van der Waals surface area contributed by atoms with Crippen molar-refractivity contribution in [2.45, 2.75) is 10.9 Å². The normalized spacial score (nSPS) is 11.0. The summed E-state index contributed by atoms with van der Waals surface area (Å²) >= 11 is 1.73. The van der Waals surface area contributed by atoms with Crippen LogP contribution >= 0.6 is 11.8 Å². The van der Waals surface area contributed by atoms with Gasteiger partial charge in [0.15, 0.2) is 5.16 Å². The van der Waals surface area contributed by atoms with Crippen molar-refractivity contribution >= 4 is 28.2 Å². The lowest BCUT2D eigenvalue weighted by Crippen LogP contribution is -2.10. The third kappa shape index (κ3) is 3.18. The lowest BCUT2D eigenvalue weighted by atomic mass is 10.1. The lowest BCUT2D eigenvalue weighted by Gasteiger charge is -2.17. The van der Waals surface area contributed by atoms with E-state index in [1.807, 2.05) is 36.8 Å². The summed E-state index contributed by atoms with van der Waals surface area (Å²) in [6.45, 7) is 0. The number of nitrogens with zero attached hydrogens (tertiary/aromatic N) is 4. The number of hydrogen-bond acceptors (Lipinski definition) is 4. The van der Waals surface area contributed by atoms with Crippen LogP contribution in [0.2, 0.25) is 0 Å². The van der Waals surface area contributed by atoms with Crippen molar-refractivity contribution in [1.82, 2.24) is 14.5 Å². The number of fused-ring (bicyclic) bond motifs is 1. The molecule has 130 valence electrons. The Kier molecular flexibility index (Phi) is 4.63. The summed E-state index contributed by atoms with van der Waals surface area (Å²) in [5.41, 5.74) is 2.53. The van der Waals surface area contributed by atoms with Crippen LogP contribution in [-0.4, -0.2) is 28.6 Å². The quantitative estimate of drug-likeness (QED) is 0.480. The molecule has 0 bridgehead atoms. The summed E-state index contributed by atoms with van der Waals surface area (Å²) in [7, 11) is 4.15. The van der Waals surface area contributed by atoms with Crippen LogP contribution in [0.5, 0.6) is 0 Å². The molecule has 0 amide bonds. The minimum Gasteiger partial charge on any atom is -0.377 e. The highest BCUT2D eigenvalue weighted by molar-refractivity contribution is 7.98. The number of pyridine rings is 1. The van der Waals surface area contributed by atoms with Gasteiger partial charge in [-0.15, -0.1) is 0 Å². The molecule has 2 aromatic carbocycles.